The summed E-state index contributed by atoms with van der Waals surface area (Å²) in [5, 5.41) is 0. The van der Waals surface area contributed by atoms with Crippen LogP contribution in [0.15, 0.2) is 0 Å². The summed E-state index contributed by atoms with van der Waals surface area (Å²) in [6, 6.07) is 0. The topological polar surface area (TPSA) is 43.4 Å². The minimum Gasteiger partial charge on any atom is -0.465 e. The van der Waals surface area contributed by atoms with Crippen molar-refractivity contribution in [2.24, 2.45) is 5.92 Å². The number of Topliss-reactive ketones (excluding diaryl/α,β-unsaturated/α-hetero) is 1. The highest BCUT2D eigenvalue weighted by molar-refractivity contribution is 5.99. The molecule has 3 heteroatoms. The molecule has 0 aliphatic carbocycles. The lowest BCUT2D eigenvalue weighted by molar-refractivity contribution is -0.144. The van der Waals surface area contributed by atoms with Gasteiger partial charge in [0.2, 0.25) is 0 Å². The maximum absolute atomic E-state index is 11.8. The van der Waals surface area contributed by atoms with Crippen LogP contribution < -0.4 is 0 Å². The van der Waals surface area contributed by atoms with Crippen LogP contribution in [0.25, 0.3) is 0 Å². The molecule has 0 aromatic rings. The number of ether oxygens (including phenoxy) is 1. The van der Waals surface area contributed by atoms with Crippen molar-refractivity contribution in [2.45, 2.75) is 90.4 Å². The molecule has 1 atom stereocenters. The highest BCUT2D eigenvalue weighted by Crippen LogP contribution is 2.19. The number of carbonyl (C=O) groups is 2. The molecule has 0 saturated carbocycles. The molecular formula is C18H32O3. The molecule has 1 aliphatic rings. The summed E-state index contributed by atoms with van der Waals surface area (Å²) >= 11 is 0. The van der Waals surface area contributed by atoms with E-state index >= 15 is 0 Å². The van der Waals surface area contributed by atoms with E-state index in [4.69, 9.17) is 4.74 Å². The molecule has 0 aromatic carbocycles. The maximum atomic E-state index is 11.8. The molecule has 122 valence electrons. The smallest absolute Gasteiger partial charge is 0.316 e. The predicted molar refractivity (Wildman–Crippen MR) is 85.2 cm³/mol. The Hall–Kier alpha value is -0.860. The Bertz CT molecular complexity index is 299. The van der Waals surface area contributed by atoms with Crippen LogP contribution in [0.5, 0.6) is 0 Å². The minimum absolute atomic E-state index is 0.0911. The first-order chi connectivity index (χ1) is 10.3. The number of hydrogen-bond acceptors (Lipinski definition) is 3. The molecule has 21 heavy (non-hydrogen) atoms. The summed E-state index contributed by atoms with van der Waals surface area (Å²) in [4.78, 5) is 23.1. The first-order valence-corrected chi connectivity index (χ1v) is 8.95. The zero-order chi connectivity index (χ0) is 15.3. The number of ketones is 1. The van der Waals surface area contributed by atoms with E-state index in [0.29, 0.717) is 19.4 Å². The zero-order valence-electron chi connectivity index (χ0n) is 13.7. The van der Waals surface area contributed by atoms with Crippen molar-refractivity contribution in [1.29, 1.82) is 0 Å². The number of carbonyl (C=O) groups excluding carboxylic acids is 2. The lowest BCUT2D eigenvalue weighted by atomic mass is 9.97. The number of unbranched alkanes of at least 4 members (excludes halogenated alkanes) is 10. The molecule has 0 amide bonds. The van der Waals surface area contributed by atoms with Crippen LogP contribution in [0, 0.1) is 5.92 Å². The molecule has 0 unspecified atom stereocenters. The quantitative estimate of drug-likeness (QED) is 0.278. The highest BCUT2D eigenvalue weighted by atomic mass is 16.5. The van der Waals surface area contributed by atoms with Crippen molar-refractivity contribution >= 4 is 11.8 Å². The van der Waals surface area contributed by atoms with Gasteiger partial charge in [-0.15, -0.1) is 0 Å². The Morgan fingerprint density at radius 1 is 0.952 bits per heavy atom. The molecule has 1 rings (SSSR count). The van der Waals surface area contributed by atoms with Gasteiger partial charge in [-0.1, -0.05) is 71.1 Å². The Balaban J connectivity index is 1.84. The largest absolute Gasteiger partial charge is 0.465 e. The third-order valence-electron chi connectivity index (χ3n) is 4.35. The van der Waals surface area contributed by atoms with E-state index in [9.17, 15) is 9.59 Å². The van der Waals surface area contributed by atoms with Gasteiger partial charge in [-0.3, -0.25) is 9.59 Å². The Kier molecular flexibility index (Phi) is 10.2. The maximum Gasteiger partial charge on any atom is 0.316 e. The summed E-state index contributed by atoms with van der Waals surface area (Å²) in [5.41, 5.74) is 0. The normalized spacial score (nSPS) is 18.0. The van der Waals surface area contributed by atoms with Gasteiger partial charge in [0.05, 0.1) is 6.61 Å². The van der Waals surface area contributed by atoms with Gasteiger partial charge in [0.25, 0.3) is 0 Å². The monoisotopic (exact) mass is 296 g/mol. The SMILES string of the molecule is CCCCCCCCCCCCCC(=O)[C@H]1CCOC1=O. The first-order valence-electron chi connectivity index (χ1n) is 8.95. The van der Waals surface area contributed by atoms with Crippen LogP contribution >= 0.6 is 0 Å². The van der Waals surface area contributed by atoms with Crippen LogP contribution in [0.4, 0.5) is 0 Å². The summed E-state index contributed by atoms with van der Waals surface area (Å²) in [6.45, 7) is 2.67. The van der Waals surface area contributed by atoms with E-state index in [1.165, 1.54) is 57.8 Å². The van der Waals surface area contributed by atoms with E-state index in [1.807, 2.05) is 0 Å². The molecule has 1 aliphatic heterocycles. The lowest BCUT2D eigenvalue weighted by Gasteiger charge is -2.05. The van der Waals surface area contributed by atoms with E-state index in [1.54, 1.807) is 0 Å². The van der Waals surface area contributed by atoms with E-state index in [0.717, 1.165) is 12.8 Å². The third-order valence-corrected chi connectivity index (χ3v) is 4.35. The molecular weight excluding hydrogens is 264 g/mol. The number of rotatable bonds is 13. The van der Waals surface area contributed by atoms with Crippen LogP contribution in [-0.2, 0) is 14.3 Å². The van der Waals surface area contributed by atoms with Gasteiger partial charge < -0.3 is 4.74 Å². The molecule has 0 N–H and O–H groups in total. The van der Waals surface area contributed by atoms with Crippen molar-refractivity contribution < 1.29 is 14.3 Å². The van der Waals surface area contributed by atoms with Crippen molar-refractivity contribution in [3.05, 3.63) is 0 Å². The fourth-order valence-corrected chi connectivity index (χ4v) is 2.93. The van der Waals surface area contributed by atoms with Crippen LogP contribution in [0.2, 0.25) is 0 Å². The van der Waals surface area contributed by atoms with Gasteiger partial charge in [0.15, 0.2) is 0 Å². The third kappa shape index (κ3) is 8.23. The highest BCUT2D eigenvalue weighted by Gasteiger charge is 2.32. The molecule has 0 spiro atoms. The molecule has 0 radical (unpaired) electrons. The van der Waals surface area contributed by atoms with Gasteiger partial charge in [0, 0.05) is 12.8 Å². The first kappa shape index (κ1) is 18.2. The summed E-state index contributed by atoms with van der Waals surface area (Å²) in [7, 11) is 0. The fraction of sp³-hybridized carbons (Fsp3) is 0.889. The molecule has 1 heterocycles. The van der Waals surface area contributed by atoms with E-state index in [2.05, 4.69) is 6.92 Å². The standard InChI is InChI=1S/C18H32O3/c1-2-3-4-5-6-7-8-9-10-11-12-13-17(19)16-14-15-21-18(16)20/h16H,2-15H2,1H3/t16-/m1/s1. The Morgan fingerprint density at radius 3 is 1.95 bits per heavy atom. The van der Waals surface area contributed by atoms with Crippen molar-refractivity contribution in [2.75, 3.05) is 6.61 Å². The van der Waals surface area contributed by atoms with E-state index in [-0.39, 0.29) is 11.8 Å². The number of hydrogen-bond donors (Lipinski definition) is 0. The van der Waals surface area contributed by atoms with Crippen LogP contribution in [-0.4, -0.2) is 18.4 Å². The Morgan fingerprint density at radius 2 is 1.48 bits per heavy atom. The number of cyclic esters (lactones) is 1. The summed E-state index contributed by atoms with van der Waals surface area (Å²) in [5.74, 6) is -0.662. The number of esters is 1. The van der Waals surface area contributed by atoms with Crippen molar-refractivity contribution in [3.63, 3.8) is 0 Å². The van der Waals surface area contributed by atoms with Crippen molar-refractivity contribution in [3.8, 4) is 0 Å². The lowest BCUT2D eigenvalue weighted by Crippen LogP contribution is -2.18. The molecule has 0 aromatic heterocycles. The molecule has 0 bridgehead atoms. The van der Waals surface area contributed by atoms with Crippen LogP contribution in [0.3, 0.4) is 0 Å². The van der Waals surface area contributed by atoms with Gasteiger partial charge in [-0.2, -0.15) is 0 Å². The fourth-order valence-electron chi connectivity index (χ4n) is 2.93. The summed E-state index contributed by atoms with van der Waals surface area (Å²) < 4.78 is 4.83. The summed E-state index contributed by atoms with van der Waals surface area (Å²) in [6.07, 6.45) is 15.2. The zero-order valence-corrected chi connectivity index (χ0v) is 13.7. The molecule has 1 fully saturated rings. The van der Waals surface area contributed by atoms with E-state index < -0.39 is 5.92 Å². The predicted octanol–water partition coefficient (Wildman–Crippen LogP) is 4.82. The van der Waals surface area contributed by atoms with Gasteiger partial charge in [-0.05, 0) is 6.42 Å². The van der Waals surface area contributed by atoms with Crippen molar-refractivity contribution in [1.82, 2.24) is 0 Å². The second-order valence-corrected chi connectivity index (χ2v) is 6.26. The molecule has 3 nitrogen and oxygen atoms in total. The second kappa shape index (κ2) is 11.8. The Labute approximate surface area is 129 Å². The second-order valence-electron chi connectivity index (χ2n) is 6.26. The van der Waals surface area contributed by atoms with Gasteiger partial charge in [-0.25, -0.2) is 0 Å². The van der Waals surface area contributed by atoms with Crippen LogP contribution in [0.1, 0.15) is 90.4 Å². The minimum atomic E-state index is -0.451. The average molecular weight is 296 g/mol. The van der Waals surface area contributed by atoms with Gasteiger partial charge >= 0.3 is 5.97 Å². The molecule has 1 saturated heterocycles. The average Bonchev–Trinajstić information content (AvgIpc) is 2.91. The van der Waals surface area contributed by atoms with Gasteiger partial charge in [0.1, 0.15) is 11.7 Å².